The molecule has 0 aromatic rings. The number of hydrogen-bond acceptors (Lipinski definition) is 3. The van der Waals surface area contributed by atoms with Crippen LogP contribution in [0.3, 0.4) is 0 Å². The summed E-state index contributed by atoms with van der Waals surface area (Å²) in [5.41, 5.74) is 0.368. The van der Waals surface area contributed by atoms with Crippen molar-refractivity contribution in [3.63, 3.8) is 0 Å². The van der Waals surface area contributed by atoms with Crippen molar-refractivity contribution >= 4 is 27.0 Å². The zero-order valence-electron chi connectivity index (χ0n) is 6.88. The van der Waals surface area contributed by atoms with Gasteiger partial charge in [-0.3, -0.25) is 0 Å². The molecule has 2 unspecified atom stereocenters. The molecule has 0 bridgehead atoms. The van der Waals surface area contributed by atoms with Crippen LogP contribution in [0.5, 0.6) is 0 Å². The zero-order valence-corrected chi connectivity index (χ0v) is 8.79. The van der Waals surface area contributed by atoms with Crippen molar-refractivity contribution in [2.24, 2.45) is 0 Å². The highest BCUT2D eigenvalue weighted by Crippen LogP contribution is 2.02. The third kappa shape index (κ3) is 4.70. The molecule has 0 N–H and O–H groups in total. The molecule has 0 amide bonds. The van der Waals surface area contributed by atoms with Gasteiger partial charge in [-0.05, 0) is 6.92 Å². The summed E-state index contributed by atoms with van der Waals surface area (Å²) >= 11 is 5.48. The highest BCUT2D eigenvalue weighted by atomic mass is 35.5. The van der Waals surface area contributed by atoms with Gasteiger partial charge in [0.15, 0.2) is 0 Å². The molecule has 0 aliphatic carbocycles. The van der Waals surface area contributed by atoms with Crippen molar-refractivity contribution in [2.45, 2.75) is 13.0 Å². The first-order valence-electron chi connectivity index (χ1n) is 3.36. The van der Waals surface area contributed by atoms with E-state index in [9.17, 15) is 4.79 Å². The van der Waals surface area contributed by atoms with Crippen LogP contribution in [0, 0.1) is 0 Å². The predicted molar refractivity (Wildman–Crippen MR) is 51.1 cm³/mol. The smallest absolute Gasteiger partial charge is 0.333 e. The zero-order chi connectivity index (χ0) is 9.56. The Labute approximate surface area is 79.3 Å². The summed E-state index contributed by atoms with van der Waals surface area (Å²) in [7, 11) is 2.07. The molecule has 0 rings (SSSR count). The van der Waals surface area contributed by atoms with Crippen LogP contribution in [0.15, 0.2) is 12.2 Å². The Kier molecular flexibility index (Phi) is 6.35. The first-order valence-corrected chi connectivity index (χ1v) is 4.36. The van der Waals surface area contributed by atoms with Gasteiger partial charge in [0.05, 0.1) is 5.88 Å². The second-order valence-corrected chi connectivity index (χ2v) is 2.87. The Morgan fingerprint density at radius 3 is 2.67 bits per heavy atom. The summed E-state index contributed by atoms with van der Waals surface area (Å²) in [6.07, 6.45) is -0.278. The van der Waals surface area contributed by atoms with Crippen molar-refractivity contribution in [1.82, 2.24) is 0 Å². The SMILES string of the molecule is C=C(C)C(=O)OCC(CCl)OP. The third-order valence-electron chi connectivity index (χ3n) is 1.11. The molecule has 2 atom stereocenters. The van der Waals surface area contributed by atoms with Crippen LogP contribution in [-0.4, -0.2) is 24.6 Å². The first-order chi connectivity index (χ1) is 5.61. The Balaban J connectivity index is 3.66. The van der Waals surface area contributed by atoms with Crippen molar-refractivity contribution in [3.05, 3.63) is 12.2 Å². The van der Waals surface area contributed by atoms with Gasteiger partial charge in [0, 0.05) is 15.0 Å². The van der Waals surface area contributed by atoms with Crippen LogP contribution < -0.4 is 0 Å². The van der Waals surface area contributed by atoms with Crippen LogP contribution >= 0.6 is 21.1 Å². The lowest BCUT2D eigenvalue weighted by Gasteiger charge is -2.11. The Morgan fingerprint density at radius 1 is 1.75 bits per heavy atom. The van der Waals surface area contributed by atoms with E-state index < -0.39 is 5.97 Å². The quantitative estimate of drug-likeness (QED) is 0.299. The number of alkyl halides is 1. The largest absolute Gasteiger partial charge is 0.460 e. The molecule has 12 heavy (non-hydrogen) atoms. The lowest BCUT2D eigenvalue weighted by molar-refractivity contribution is -0.140. The second-order valence-electron chi connectivity index (χ2n) is 2.29. The van der Waals surface area contributed by atoms with Crippen molar-refractivity contribution in [2.75, 3.05) is 12.5 Å². The molecule has 0 fully saturated rings. The van der Waals surface area contributed by atoms with Crippen LogP contribution in [0.25, 0.3) is 0 Å². The van der Waals surface area contributed by atoms with Gasteiger partial charge in [-0.15, -0.1) is 11.6 Å². The van der Waals surface area contributed by atoms with Crippen molar-refractivity contribution in [1.29, 1.82) is 0 Å². The molecule has 0 aromatic heterocycles. The number of rotatable bonds is 5. The summed E-state index contributed by atoms with van der Waals surface area (Å²) in [5.74, 6) is -0.139. The van der Waals surface area contributed by atoms with E-state index in [2.05, 4.69) is 16.0 Å². The van der Waals surface area contributed by atoms with E-state index in [1.54, 1.807) is 6.92 Å². The van der Waals surface area contributed by atoms with E-state index in [0.717, 1.165) is 0 Å². The Morgan fingerprint density at radius 2 is 2.33 bits per heavy atom. The monoisotopic (exact) mass is 210 g/mol. The van der Waals surface area contributed by atoms with Gasteiger partial charge in [-0.25, -0.2) is 4.79 Å². The molecule has 0 saturated heterocycles. The lowest BCUT2D eigenvalue weighted by atomic mass is 10.3. The maximum absolute atomic E-state index is 10.9. The third-order valence-corrected chi connectivity index (χ3v) is 1.84. The maximum atomic E-state index is 10.9. The normalized spacial score (nSPS) is 12.2. The number of carbonyl (C=O) groups excluding carboxylic acids is 1. The second kappa shape index (κ2) is 6.41. The van der Waals surface area contributed by atoms with E-state index >= 15 is 0 Å². The topological polar surface area (TPSA) is 35.5 Å². The number of ether oxygens (including phenoxy) is 1. The summed E-state index contributed by atoms with van der Waals surface area (Å²) in [6, 6.07) is 0. The van der Waals surface area contributed by atoms with Gasteiger partial charge in [-0.2, -0.15) is 0 Å². The van der Waals surface area contributed by atoms with E-state index in [-0.39, 0.29) is 18.6 Å². The molecule has 0 radical (unpaired) electrons. The average Bonchev–Trinajstić information content (AvgIpc) is 2.05. The van der Waals surface area contributed by atoms with Gasteiger partial charge in [0.1, 0.15) is 12.7 Å². The Hall–Kier alpha value is -0.110. The van der Waals surface area contributed by atoms with Crippen molar-refractivity contribution in [3.8, 4) is 0 Å². The highest BCUT2D eigenvalue weighted by Gasteiger charge is 2.09. The average molecular weight is 211 g/mol. The van der Waals surface area contributed by atoms with Crippen LogP contribution in [-0.2, 0) is 14.1 Å². The molecule has 0 heterocycles. The van der Waals surface area contributed by atoms with Crippen LogP contribution in [0.4, 0.5) is 0 Å². The van der Waals surface area contributed by atoms with E-state index in [1.165, 1.54) is 0 Å². The van der Waals surface area contributed by atoms with Gasteiger partial charge < -0.3 is 9.26 Å². The molecular formula is C7H12ClO3P. The molecule has 0 aliphatic heterocycles. The molecule has 0 aliphatic rings. The Bertz CT molecular complexity index is 168. The summed E-state index contributed by atoms with van der Waals surface area (Å²) in [4.78, 5) is 10.9. The number of carbonyl (C=O) groups is 1. The van der Waals surface area contributed by atoms with Crippen LogP contribution in [0.1, 0.15) is 6.92 Å². The predicted octanol–water partition coefficient (Wildman–Crippen LogP) is 1.52. The lowest BCUT2D eigenvalue weighted by Crippen LogP contribution is -2.20. The van der Waals surface area contributed by atoms with E-state index in [1.807, 2.05) is 0 Å². The fourth-order valence-electron chi connectivity index (χ4n) is 0.412. The fraction of sp³-hybridized carbons (Fsp3) is 0.571. The highest BCUT2D eigenvalue weighted by molar-refractivity contribution is 7.09. The molecule has 0 saturated carbocycles. The molecule has 70 valence electrons. The summed E-state index contributed by atoms with van der Waals surface area (Å²) in [5, 5.41) is 0. The van der Waals surface area contributed by atoms with Gasteiger partial charge in [0.25, 0.3) is 0 Å². The number of hydrogen-bond donors (Lipinski definition) is 0. The first kappa shape index (κ1) is 11.9. The van der Waals surface area contributed by atoms with Crippen LogP contribution in [0.2, 0.25) is 0 Å². The van der Waals surface area contributed by atoms with Gasteiger partial charge in [0.2, 0.25) is 0 Å². The molecule has 0 aromatic carbocycles. The van der Waals surface area contributed by atoms with Gasteiger partial charge in [-0.1, -0.05) is 6.58 Å². The minimum atomic E-state index is -0.424. The van der Waals surface area contributed by atoms with Gasteiger partial charge >= 0.3 is 5.97 Å². The minimum absolute atomic E-state index is 0.151. The fourth-order valence-corrected chi connectivity index (χ4v) is 0.871. The number of halogens is 1. The summed E-state index contributed by atoms with van der Waals surface area (Å²) < 4.78 is 9.59. The molecule has 5 heteroatoms. The maximum Gasteiger partial charge on any atom is 0.333 e. The molecule has 0 spiro atoms. The van der Waals surface area contributed by atoms with E-state index in [0.29, 0.717) is 5.57 Å². The standard InChI is InChI=1S/C7H12ClO3P/c1-5(2)7(9)10-4-6(3-8)11-12/h6H,1,3-4,12H2,2H3. The minimum Gasteiger partial charge on any atom is -0.460 e. The summed E-state index contributed by atoms with van der Waals surface area (Å²) in [6.45, 7) is 5.17. The van der Waals surface area contributed by atoms with E-state index in [4.69, 9.17) is 20.9 Å². The molecular weight excluding hydrogens is 199 g/mol. The van der Waals surface area contributed by atoms with Crippen molar-refractivity contribution < 1.29 is 14.1 Å². The molecule has 3 nitrogen and oxygen atoms in total. The number of esters is 1.